The third kappa shape index (κ3) is 2.64. The van der Waals surface area contributed by atoms with Gasteiger partial charge in [-0.3, -0.25) is 9.59 Å². The molecule has 4 atom stereocenters. The number of likely N-dealkylation sites (tertiary alicyclic amines) is 2. The minimum atomic E-state index is -0.231. The van der Waals surface area contributed by atoms with Gasteiger partial charge in [-0.1, -0.05) is 0 Å². The van der Waals surface area contributed by atoms with Gasteiger partial charge >= 0.3 is 0 Å². The van der Waals surface area contributed by atoms with Gasteiger partial charge in [0, 0.05) is 39.2 Å². The van der Waals surface area contributed by atoms with Crippen molar-refractivity contribution in [3.05, 3.63) is 0 Å². The summed E-state index contributed by atoms with van der Waals surface area (Å²) in [5.41, 5.74) is -0.231. The molecule has 2 amide bonds. The molecule has 1 saturated carbocycles. The van der Waals surface area contributed by atoms with Gasteiger partial charge in [-0.2, -0.15) is 0 Å². The molecule has 0 aromatic carbocycles. The zero-order chi connectivity index (χ0) is 16.7. The van der Waals surface area contributed by atoms with E-state index >= 15 is 0 Å². The maximum Gasteiger partial charge on any atom is 0.229 e. The molecule has 134 valence electrons. The molecule has 0 radical (unpaired) electrons. The molecule has 24 heavy (non-hydrogen) atoms. The Morgan fingerprint density at radius 2 is 1.96 bits per heavy atom. The van der Waals surface area contributed by atoms with Crippen LogP contribution in [0.3, 0.4) is 0 Å². The van der Waals surface area contributed by atoms with E-state index in [9.17, 15) is 9.59 Å². The molecule has 3 aliphatic heterocycles. The monoisotopic (exact) mass is 336 g/mol. The second-order valence-electron chi connectivity index (χ2n) is 7.89. The number of amides is 2. The lowest BCUT2D eigenvalue weighted by molar-refractivity contribution is -0.138. The SMILES string of the molecule is COCCN1CCC2(CCCN(C(=O)C3[C@H]4COC[C@@H]34)CC2)C1=O. The first-order valence-electron chi connectivity index (χ1n) is 9.31. The smallest absolute Gasteiger partial charge is 0.229 e. The Hall–Kier alpha value is -1.14. The largest absolute Gasteiger partial charge is 0.383 e. The molecule has 6 heteroatoms. The van der Waals surface area contributed by atoms with Gasteiger partial charge in [0.1, 0.15) is 0 Å². The molecule has 3 saturated heterocycles. The quantitative estimate of drug-likeness (QED) is 0.760. The van der Waals surface area contributed by atoms with Crippen LogP contribution in [0.1, 0.15) is 25.7 Å². The van der Waals surface area contributed by atoms with Crippen molar-refractivity contribution < 1.29 is 19.1 Å². The fourth-order valence-electron chi connectivity index (χ4n) is 5.00. The second kappa shape index (κ2) is 6.30. The lowest BCUT2D eigenvalue weighted by Gasteiger charge is -2.27. The number of hydrogen-bond donors (Lipinski definition) is 0. The molecule has 4 aliphatic rings. The van der Waals surface area contributed by atoms with E-state index in [-0.39, 0.29) is 17.2 Å². The average Bonchev–Trinajstić information content (AvgIpc) is 3.02. The molecule has 4 rings (SSSR count). The molecule has 0 aromatic heterocycles. The zero-order valence-corrected chi connectivity index (χ0v) is 14.5. The van der Waals surface area contributed by atoms with Crippen molar-refractivity contribution in [1.29, 1.82) is 0 Å². The van der Waals surface area contributed by atoms with E-state index in [0.717, 1.165) is 58.5 Å². The fourth-order valence-corrected chi connectivity index (χ4v) is 5.00. The van der Waals surface area contributed by atoms with Gasteiger partial charge in [-0.15, -0.1) is 0 Å². The van der Waals surface area contributed by atoms with Gasteiger partial charge in [-0.25, -0.2) is 0 Å². The Morgan fingerprint density at radius 1 is 1.21 bits per heavy atom. The van der Waals surface area contributed by atoms with Gasteiger partial charge in [-0.05, 0) is 37.5 Å². The topological polar surface area (TPSA) is 59.1 Å². The van der Waals surface area contributed by atoms with Crippen LogP contribution in [0.15, 0.2) is 0 Å². The summed E-state index contributed by atoms with van der Waals surface area (Å²) in [7, 11) is 1.67. The molecule has 2 unspecified atom stereocenters. The minimum absolute atomic E-state index is 0.199. The number of carbonyl (C=O) groups excluding carboxylic acids is 2. The van der Waals surface area contributed by atoms with Gasteiger partial charge < -0.3 is 19.3 Å². The summed E-state index contributed by atoms with van der Waals surface area (Å²) in [5.74, 6) is 1.72. The van der Waals surface area contributed by atoms with E-state index < -0.39 is 0 Å². The summed E-state index contributed by atoms with van der Waals surface area (Å²) in [5, 5.41) is 0. The first-order chi connectivity index (χ1) is 11.7. The van der Waals surface area contributed by atoms with Crippen molar-refractivity contribution in [3.63, 3.8) is 0 Å². The number of nitrogens with zero attached hydrogens (tertiary/aromatic N) is 2. The number of rotatable bonds is 4. The van der Waals surface area contributed by atoms with Gasteiger partial charge in [0.25, 0.3) is 0 Å². The van der Waals surface area contributed by atoms with E-state index in [1.54, 1.807) is 7.11 Å². The van der Waals surface area contributed by atoms with Crippen molar-refractivity contribution >= 4 is 11.8 Å². The highest BCUT2D eigenvalue weighted by Gasteiger charge is 2.59. The number of methoxy groups -OCH3 is 1. The van der Waals surface area contributed by atoms with Crippen LogP contribution in [0.25, 0.3) is 0 Å². The predicted octanol–water partition coefficient (Wildman–Crippen LogP) is 0.756. The lowest BCUT2D eigenvalue weighted by atomic mass is 9.79. The standard InChI is InChI=1S/C18H28N2O4/c1-23-10-9-20-8-5-18(17(20)22)3-2-6-19(7-4-18)16(21)15-13-11-24-12-14(13)15/h13-15H,2-12H2,1H3/t13-,14+,15?,18?. The molecule has 6 nitrogen and oxygen atoms in total. The van der Waals surface area contributed by atoms with Crippen molar-refractivity contribution in [2.45, 2.75) is 25.7 Å². The van der Waals surface area contributed by atoms with Crippen LogP contribution in [0.2, 0.25) is 0 Å². The molecule has 4 fully saturated rings. The number of fused-ring (bicyclic) bond motifs is 1. The predicted molar refractivity (Wildman–Crippen MR) is 87.2 cm³/mol. The van der Waals surface area contributed by atoms with E-state index in [1.165, 1.54) is 0 Å². The highest BCUT2D eigenvalue weighted by Crippen LogP contribution is 2.52. The third-order valence-corrected chi connectivity index (χ3v) is 6.66. The van der Waals surface area contributed by atoms with Gasteiger partial charge in [0.15, 0.2) is 0 Å². The molecule has 0 N–H and O–H groups in total. The van der Waals surface area contributed by atoms with Crippen LogP contribution in [0, 0.1) is 23.2 Å². The van der Waals surface area contributed by atoms with E-state index in [4.69, 9.17) is 9.47 Å². The van der Waals surface area contributed by atoms with Crippen molar-refractivity contribution in [2.24, 2.45) is 23.2 Å². The Labute approximate surface area is 143 Å². The van der Waals surface area contributed by atoms with E-state index in [2.05, 4.69) is 0 Å². The summed E-state index contributed by atoms with van der Waals surface area (Å²) < 4.78 is 10.5. The highest BCUT2D eigenvalue weighted by atomic mass is 16.5. The first-order valence-corrected chi connectivity index (χ1v) is 9.31. The van der Waals surface area contributed by atoms with Crippen molar-refractivity contribution in [3.8, 4) is 0 Å². The molecule has 0 aromatic rings. The normalized spacial score (nSPS) is 38.5. The minimum Gasteiger partial charge on any atom is -0.383 e. The molecule has 3 heterocycles. The Balaban J connectivity index is 1.36. The van der Waals surface area contributed by atoms with Crippen LogP contribution in [0.4, 0.5) is 0 Å². The summed E-state index contributed by atoms with van der Waals surface area (Å²) in [6.07, 6.45) is 3.60. The molecule has 0 bridgehead atoms. The van der Waals surface area contributed by atoms with Gasteiger partial charge in [0.05, 0.1) is 25.2 Å². The lowest BCUT2D eigenvalue weighted by Crippen LogP contribution is -2.38. The number of hydrogen-bond acceptors (Lipinski definition) is 4. The Bertz CT molecular complexity index is 515. The number of carbonyl (C=O) groups is 2. The van der Waals surface area contributed by atoms with Crippen LogP contribution in [-0.2, 0) is 19.1 Å². The Kier molecular flexibility index (Phi) is 4.29. The summed E-state index contributed by atoms with van der Waals surface area (Å²) in [4.78, 5) is 29.6. The number of ether oxygens (including phenoxy) is 2. The molecule has 1 aliphatic carbocycles. The summed E-state index contributed by atoms with van der Waals surface area (Å²) >= 11 is 0. The molecular weight excluding hydrogens is 308 g/mol. The average molecular weight is 336 g/mol. The fraction of sp³-hybridized carbons (Fsp3) is 0.889. The van der Waals surface area contributed by atoms with Gasteiger partial charge in [0.2, 0.25) is 11.8 Å². The van der Waals surface area contributed by atoms with Crippen molar-refractivity contribution in [1.82, 2.24) is 9.80 Å². The first kappa shape index (κ1) is 16.3. The second-order valence-corrected chi connectivity index (χ2v) is 7.89. The summed E-state index contributed by atoms with van der Waals surface area (Å²) in [6, 6.07) is 0. The third-order valence-electron chi connectivity index (χ3n) is 6.66. The maximum absolute atomic E-state index is 12.9. The molecule has 1 spiro atoms. The van der Waals surface area contributed by atoms with Crippen LogP contribution in [0.5, 0.6) is 0 Å². The maximum atomic E-state index is 12.9. The van der Waals surface area contributed by atoms with Crippen molar-refractivity contribution in [2.75, 3.05) is 53.1 Å². The summed E-state index contributed by atoms with van der Waals surface area (Å²) in [6.45, 7) is 5.17. The zero-order valence-electron chi connectivity index (χ0n) is 14.5. The van der Waals surface area contributed by atoms with Crippen LogP contribution >= 0.6 is 0 Å². The van der Waals surface area contributed by atoms with Crippen LogP contribution in [-0.4, -0.2) is 74.7 Å². The van der Waals surface area contributed by atoms with Crippen LogP contribution < -0.4 is 0 Å². The molecular formula is C18H28N2O4. The van der Waals surface area contributed by atoms with E-state index in [1.807, 2.05) is 9.80 Å². The van der Waals surface area contributed by atoms with E-state index in [0.29, 0.717) is 30.9 Å². The Morgan fingerprint density at radius 3 is 2.71 bits per heavy atom. The highest BCUT2D eigenvalue weighted by molar-refractivity contribution is 5.85.